The number of carbonyl (C=O) groups excluding carboxylic acids is 1. The quantitative estimate of drug-likeness (QED) is 0.793. The molecule has 0 bridgehead atoms. The second-order valence-corrected chi connectivity index (χ2v) is 10.1. The van der Waals surface area contributed by atoms with Gasteiger partial charge >= 0.3 is 0 Å². The summed E-state index contributed by atoms with van der Waals surface area (Å²) in [6.07, 6.45) is 2.31. The molecule has 1 aromatic carbocycles. The normalized spacial score (nSPS) is 12.9. The molecule has 1 heterocycles. The highest BCUT2D eigenvalue weighted by molar-refractivity contribution is 9.10. The summed E-state index contributed by atoms with van der Waals surface area (Å²) in [6, 6.07) is 5.77. The summed E-state index contributed by atoms with van der Waals surface area (Å²) in [5, 5.41) is 0.949. The van der Waals surface area contributed by atoms with Crippen LogP contribution < -0.4 is 4.72 Å². The molecule has 2 rings (SSSR count). The maximum Gasteiger partial charge on any atom is 0.278 e. The summed E-state index contributed by atoms with van der Waals surface area (Å²) < 4.78 is 29.9. The van der Waals surface area contributed by atoms with E-state index in [1.165, 1.54) is 14.1 Å². The van der Waals surface area contributed by atoms with E-state index in [0.717, 1.165) is 25.2 Å². The average molecular weight is 430 g/mol. The molecule has 1 aromatic heterocycles. The van der Waals surface area contributed by atoms with Crippen molar-refractivity contribution in [3.63, 3.8) is 0 Å². The van der Waals surface area contributed by atoms with Gasteiger partial charge in [0.05, 0.1) is 5.52 Å². The van der Waals surface area contributed by atoms with Crippen LogP contribution >= 0.6 is 15.9 Å². The van der Waals surface area contributed by atoms with Gasteiger partial charge in [0.2, 0.25) is 5.91 Å². The van der Waals surface area contributed by atoms with E-state index in [1.54, 1.807) is 4.57 Å². The molecule has 0 radical (unpaired) electrons. The van der Waals surface area contributed by atoms with E-state index in [1.807, 2.05) is 45.2 Å². The zero-order valence-corrected chi connectivity index (χ0v) is 17.5. The van der Waals surface area contributed by atoms with E-state index in [0.29, 0.717) is 6.42 Å². The van der Waals surface area contributed by atoms with Gasteiger partial charge in [-0.25, -0.2) is 4.72 Å². The molecule has 0 saturated heterocycles. The van der Waals surface area contributed by atoms with Crippen LogP contribution in [0.2, 0.25) is 0 Å². The van der Waals surface area contributed by atoms with Gasteiger partial charge < -0.3 is 0 Å². The molecule has 0 atom stereocenters. The monoisotopic (exact) mass is 429 g/mol. The lowest BCUT2D eigenvalue weighted by Crippen LogP contribution is -2.36. The molecular formula is C17H24BrN3O3S. The molecule has 138 valence electrons. The molecule has 0 saturated carbocycles. The fraction of sp³-hybridized carbons (Fsp3) is 0.471. The Bertz CT molecular complexity index is 896. The van der Waals surface area contributed by atoms with Crippen molar-refractivity contribution in [2.24, 2.45) is 5.41 Å². The Morgan fingerprint density at radius 3 is 2.48 bits per heavy atom. The summed E-state index contributed by atoms with van der Waals surface area (Å²) in [5.74, 6) is -0.00396. The summed E-state index contributed by atoms with van der Waals surface area (Å²) in [4.78, 5) is 12.8. The molecule has 25 heavy (non-hydrogen) atoms. The second-order valence-electron chi connectivity index (χ2n) is 7.17. The Morgan fingerprint density at radius 1 is 1.28 bits per heavy atom. The number of rotatable bonds is 5. The minimum absolute atomic E-state index is 0.00396. The van der Waals surface area contributed by atoms with Crippen molar-refractivity contribution in [1.29, 1.82) is 0 Å². The zero-order chi connectivity index (χ0) is 19.0. The van der Waals surface area contributed by atoms with Gasteiger partial charge in [-0.05, 0) is 24.1 Å². The maximum atomic E-state index is 12.8. The van der Waals surface area contributed by atoms with Crippen molar-refractivity contribution in [2.45, 2.75) is 27.2 Å². The number of carbonyl (C=O) groups is 1. The Labute approximate surface area is 157 Å². The van der Waals surface area contributed by atoms with Gasteiger partial charge in [-0.15, -0.1) is 0 Å². The van der Waals surface area contributed by atoms with Crippen LogP contribution in [0.3, 0.4) is 0 Å². The number of nitrogens with one attached hydrogen (secondary N) is 1. The van der Waals surface area contributed by atoms with E-state index >= 15 is 0 Å². The second kappa shape index (κ2) is 7.19. The SMILES string of the molecule is CN(C)S(=O)(=O)NCCc1cn(C(=O)C(C)(C)C)c2cc(Br)ccc12. The third kappa shape index (κ3) is 4.49. The Kier molecular flexibility index (Phi) is 5.78. The van der Waals surface area contributed by atoms with Crippen molar-refractivity contribution in [3.05, 3.63) is 34.4 Å². The highest BCUT2D eigenvalue weighted by Crippen LogP contribution is 2.28. The molecule has 2 aromatic rings. The fourth-order valence-electron chi connectivity index (χ4n) is 2.44. The molecule has 1 N–H and O–H groups in total. The van der Waals surface area contributed by atoms with E-state index in [9.17, 15) is 13.2 Å². The number of hydrogen-bond donors (Lipinski definition) is 1. The number of fused-ring (bicyclic) bond motifs is 1. The first kappa shape index (κ1) is 20.1. The predicted molar refractivity (Wildman–Crippen MR) is 104 cm³/mol. The molecule has 6 nitrogen and oxygen atoms in total. The molecule has 0 amide bonds. The molecule has 0 aliphatic rings. The van der Waals surface area contributed by atoms with E-state index < -0.39 is 15.6 Å². The molecular weight excluding hydrogens is 406 g/mol. The van der Waals surface area contributed by atoms with E-state index in [4.69, 9.17) is 0 Å². The first-order chi connectivity index (χ1) is 11.4. The highest BCUT2D eigenvalue weighted by atomic mass is 79.9. The van der Waals surface area contributed by atoms with Crippen LogP contribution in [0.1, 0.15) is 31.1 Å². The highest BCUT2D eigenvalue weighted by Gasteiger charge is 2.25. The first-order valence-corrected chi connectivity index (χ1v) is 10.2. The maximum absolute atomic E-state index is 12.8. The number of nitrogens with zero attached hydrogens (tertiary/aromatic N) is 2. The molecule has 0 fully saturated rings. The lowest BCUT2D eigenvalue weighted by molar-refractivity contribution is 0.0772. The lowest BCUT2D eigenvalue weighted by Gasteiger charge is -2.17. The lowest BCUT2D eigenvalue weighted by atomic mass is 9.95. The minimum atomic E-state index is -3.46. The van der Waals surface area contributed by atoms with Crippen LogP contribution in [0, 0.1) is 5.41 Å². The third-order valence-corrected chi connectivity index (χ3v) is 5.89. The van der Waals surface area contributed by atoms with Crippen molar-refractivity contribution in [2.75, 3.05) is 20.6 Å². The van der Waals surface area contributed by atoms with E-state index in [2.05, 4.69) is 20.7 Å². The standard InChI is InChI=1S/C17H24BrN3O3S/c1-17(2,3)16(22)21-11-12(8-9-19-25(23,24)20(4)5)14-7-6-13(18)10-15(14)21/h6-7,10-11,19H,8-9H2,1-5H3. The third-order valence-electron chi connectivity index (χ3n) is 3.87. The number of halogens is 1. The minimum Gasteiger partial charge on any atom is -0.286 e. The molecule has 0 aliphatic heterocycles. The smallest absolute Gasteiger partial charge is 0.278 e. The Hall–Kier alpha value is -1.22. The summed E-state index contributed by atoms with van der Waals surface area (Å²) in [6.45, 7) is 5.90. The van der Waals surface area contributed by atoms with Gasteiger partial charge in [0.25, 0.3) is 10.2 Å². The van der Waals surface area contributed by atoms with Crippen LogP contribution in [-0.2, 0) is 16.6 Å². The molecule has 0 spiro atoms. The van der Waals surface area contributed by atoms with Crippen molar-refractivity contribution >= 4 is 42.9 Å². The Balaban J connectivity index is 2.37. The largest absolute Gasteiger partial charge is 0.286 e. The number of benzene rings is 1. The van der Waals surface area contributed by atoms with Crippen LogP contribution in [0.4, 0.5) is 0 Å². The van der Waals surface area contributed by atoms with Crippen molar-refractivity contribution in [3.8, 4) is 0 Å². The predicted octanol–water partition coefficient (Wildman–Crippen LogP) is 3.03. The van der Waals surface area contributed by atoms with Gasteiger partial charge in [0.1, 0.15) is 0 Å². The molecule has 8 heteroatoms. The van der Waals surface area contributed by atoms with Gasteiger partial charge in [0, 0.05) is 42.1 Å². The van der Waals surface area contributed by atoms with Crippen molar-refractivity contribution in [1.82, 2.24) is 13.6 Å². The van der Waals surface area contributed by atoms with Crippen LogP contribution in [0.5, 0.6) is 0 Å². The average Bonchev–Trinajstić information content (AvgIpc) is 2.83. The van der Waals surface area contributed by atoms with Crippen LogP contribution in [0.15, 0.2) is 28.9 Å². The summed E-state index contributed by atoms with van der Waals surface area (Å²) >= 11 is 3.45. The van der Waals surface area contributed by atoms with Gasteiger partial charge in [0.15, 0.2) is 0 Å². The molecule has 0 unspecified atom stereocenters. The summed E-state index contributed by atoms with van der Waals surface area (Å²) in [5.41, 5.74) is 1.24. The fourth-order valence-corrected chi connectivity index (χ4v) is 3.41. The summed E-state index contributed by atoms with van der Waals surface area (Å²) in [7, 11) is -0.499. The zero-order valence-electron chi connectivity index (χ0n) is 15.1. The Morgan fingerprint density at radius 2 is 1.92 bits per heavy atom. The van der Waals surface area contributed by atoms with Crippen LogP contribution in [0.25, 0.3) is 10.9 Å². The topological polar surface area (TPSA) is 71.4 Å². The molecule has 0 aliphatic carbocycles. The van der Waals surface area contributed by atoms with E-state index in [-0.39, 0.29) is 12.5 Å². The first-order valence-electron chi connectivity index (χ1n) is 7.95. The van der Waals surface area contributed by atoms with Gasteiger partial charge in [-0.1, -0.05) is 42.8 Å². The van der Waals surface area contributed by atoms with Gasteiger partial charge in [-0.3, -0.25) is 9.36 Å². The van der Waals surface area contributed by atoms with Crippen molar-refractivity contribution < 1.29 is 13.2 Å². The number of aromatic nitrogens is 1. The van der Waals surface area contributed by atoms with Crippen LogP contribution in [-0.4, -0.2) is 43.8 Å². The number of hydrogen-bond acceptors (Lipinski definition) is 3. The van der Waals surface area contributed by atoms with Gasteiger partial charge in [-0.2, -0.15) is 12.7 Å².